The van der Waals surface area contributed by atoms with Crippen molar-refractivity contribution in [2.45, 2.75) is 6.92 Å². The number of hydrogen-bond donors (Lipinski definition) is 2. The van der Waals surface area contributed by atoms with Crippen LogP contribution in [0.2, 0.25) is 0 Å². The molecule has 2 aromatic rings. The standard InChI is InChI=1S/C15H14N4O2/c1-10-12(9-19(2)18-10)6-11(8-16)15(21)17-13-4-3-5-14(20)7-13/h3-7,9,20H,1-2H3,(H,17,21)/b11-6+. The van der Waals surface area contributed by atoms with Crippen LogP contribution < -0.4 is 5.32 Å². The molecule has 1 aromatic carbocycles. The van der Waals surface area contributed by atoms with Gasteiger partial charge >= 0.3 is 0 Å². The lowest BCUT2D eigenvalue weighted by atomic mass is 10.1. The first kappa shape index (κ1) is 14.3. The van der Waals surface area contributed by atoms with E-state index in [1.807, 2.05) is 6.07 Å². The average Bonchev–Trinajstić information content (AvgIpc) is 2.74. The molecule has 0 atom stereocenters. The quantitative estimate of drug-likeness (QED) is 0.665. The minimum atomic E-state index is -0.536. The number of hydrogen-bond acceptors (Lipinski definition) is 4. The molecular formula is C15H14N4O2. The van der Waals surface area contributed by atoms with Crippen LogP contribution in [0.5, 0.6) is 5.75 Å². The first-order valence-electron chi connectivity index (χ1n) is 6.22. The van der Waals surface area contributed by atoms with Crippen LogP contribution in [0.4, 0.5) is 5.69 Å². The van der Waals surface area contributed by atoms with E-state index in [1.54, 1.807) is 37.0 Å². The third kappa shape index (κ3) is 3.48. The maximum atomic E-state index is 12.1. The van der Waals surface area contributed by atoms with Gasteiger partial charge in [-0.1, -0.05) is 6.07 Å². The molecular weight excluding hydrogens is 268 g/mol. The van der Waals surface area contributed by atoms with Crippen LogP contribution in [0, 0.1) is 18.3 Å². The summed E-state index contributed by atoms with van der Waals surface area (Å²) < 4.78 is 1.61. The van der Waals surface area contributed by atoms with Crippen molar-refractivity contribution in [3.8, 4) is 11.8 Å². The number of benzene rings is 1. The molecule has 0 bridgehead atoms. The predicted molar refractivity (Wildman–Crippen MR) is 78.3 cm³/mol. The van der Waals surface area contributed by atoms with Crippen LogP contribution >= 0.6 is 0 Å². The van der Waals surface area contributed by atoms with Crippen molar-refractivity contribution < 1.29 is 9.90 Å². The van der Waals surface area contributed by atoms with Gasteiger partial charge < -0.3 is 10.4 Å². The summed E-state index contributed by atoms with van der Waals surface area (Å²) in [5.41, 5.74) is 1.83. The molecule has 0 unspecified atom stereocenters. The summed E-state index contributed by atoms with van der Waals surface area (Å²) >= 11 is 0. The fourth-order valence-corrected chi connectivity index (χ4v) is 1.85. The number of phenolic OH excluding ortho intramolecular Hbond substituents is 1. The van der Waals surface area contributed by atoms with E-state index in [-0.39, 0.29) is 11.3 Å². The van der Waals surface area contributed by atoms with Gasteiger partial charge in [-0.05, 0) is 25.1 Å². The zero-order valence-electron chi connectivity index (χ0n) is 11.7. The lowest BCUT2D eigenvalue weighted by Gasteiger charge is -2.04. The van der Waals surface area contributed by atoms with Crippen molar-refractivity contribution in [2.75, 3.05) is 5.32 Å². The molecule has 2 N–H and O–H groups in total. The molecule has 21 heavy (non-hydrogen) atoms. The Morgan fingerprint density at radius 3 is 2.86 bits per heavy atom. The Balaban J connectivity index is 2.23. The summed E-state index contributed by atoms with van der Waals surface area (Å²) in [5, 5.41) is 25.2. The highest BCUT2D eigenvalue weighted by molar-refractivity contribution is 6.09. The summed E-state index contributed by atoms with van der Waals surface area (Å²) in [6, 6.07) is 8.00. The monoisotopic (exact) mass is 282 g/mol. The van der Waals surface area contributed by atoms with Gasteiger partial charge in [0.1, 0.15) is 17.4 Å². The molecule has 0 saturated carbocycles. The van der Waals surface area contributed by atoms with Crippen molar-refractivity contribution in [2.24, 2.45) is 7.05 Å². The minimum absolute atomic E-state index is 0.0329. The maximum absolute atomic E-state index is 12.1. The number of anilines is 1. The van der Waals surface area contributed by atoms with Crippen LogP contribution in [0.1, 0.15) is 11.3 Å². The van der Waals surface area contributed by atoms with Crippen molar-refractivity contribution >= 4 is 17.7 Å². The lowest BCUT2D eigenvalue weighted by Crippen LogP contribution is -2.13. The van der Waals surface area contributed by atoms with E-state index in [2.05, 4.69) is 10.4 Å². The normalized spacial score (nSPS) is 11.0. The van der Waals surface area contributed by atoms with Gasteiger partial charge in [0.2, 0.25) is 0 Å². The van der Waals surface area contributed by atoms with Gasteiger partial charge in [0.05, 0.1) is 5.69 Å². The van der Waals surface area contributed by atoms with Crippen molar-refractivity contribution in [1.29, 1.82) is 5.26 Å². The summed E-state index contributed by atoms with van der Waals surface area (Å²) in [6.45, 7) is 1.80. The van der Waals surface area contributed by atoms with Crippen molar-refractivity contribution in [3.63, 3.8) is 0 Å². The topological polar surface area (TPSA) is 90.9 Å². The first-order valence-corrected chi connectivity index (χ1v) is 6.22. The van der Waals surface area contributed by atoms with Crippen molar-refractivity contribution in [3.05, 3.63) is 47.3 Å². The molecule has 106 valence electrons. The second kappa shape index (κ2) is 5.92. The molecule has 0 fully saturated rings. The minimum Gasteiger partial charge on any atom is -0.508 e. The fourth-order valence-electron chi connectivity index (χ4n) is 1.85. The Morgan fingerprint density at radius 2 is 2.29 bits per heavy atom. The van der Waals surface area contributed by atoms with E-state index in [0.29, 0.717) is 11.3 Å². The number of amides is 1. The number of nitrogens with zero attached hydrogens (tertiary/aromatic N) is 3. The number of carbonyl (C=O) groups is 1. The van der Waals surface area contributed by atoms with Crippen LogP contribution in [-0.4, -0.2) is 20.8 Å². The Hall–Kier alpha value is -3.07. The van der Waals surface area contributed by atoms with Gasteiger partial charge in [-0.25, -0.2) is 0 Å². The smallest absolute Gasteiger partial charge is 0.266 e. The van der Waals surface area contributed by atoms with E-state index in [9.17, 15) is 9.90 Å². The number of nitriles is 1. The Labute approximate surface area is 121 Å². The van der Waals surface area contributed by atoms with Crippen molar-refractivity contribution in [1.82, 2.24) is 9.78 Å². The van der Waals surface area contributed by atoms with E-state index in [1.165, 1.54) is 18.2 Å². The molecule has 2 rings (SSSR count). The number of phenols is 1. The Kier molecular flexibility index (Phi) is 4.05. The SMILES string of the molecule is Cc1nn(C)cc1/C=C(\C#N)C(=O)Nc1cccc(O)c1. The van der Waals surface area contributed by atoms with Gasteiger partial charge in [0, 0.05) is 30.6 Å². The third-order valence-electron chi connectivity index (χ3n) is 2.82. The number of nitrogens with one attached hydrogen (secondary N) is 1. The van der Waals surface area contributed by atoms with Gasteiger partial charge in [0.15, 0.2) is 0 Å². The Bertz CT molecular complexity index is 753. The molecule has 0 spiro atoms. The number of aromatic hydroxyl groups is 1. The molecule has 1 heterocycles. The lowest BCUT2D eigenvalue weighted by molar-refractivity contribution is -0.112. The predicted octanol–water partition coefficient (Wildman–Crippen LogP) is 1.98. The number of rotatable bonds is 3. The van der Waals surface area contributed by atoms with Gasteiger partial charge in [-0.15, -0.1) is 0 Å². The number of carbonyl (C=O) groups excluding carboxylic acids is 1. The number of aromatic nitrogens is 2. The summed E-state index contributed by atoms with van der Waals surface area (Å²) in [5.74, 6) is -0.496. The fraction of sp³-hybridized carbons (Fsp3) is 0.133. The molecule has 6 nitrogen and oxygen atoms in total. The number of aryl methyl sites for hydroxylation is 2. The molecule has 0 radical (unpaired) electrons. The molecule has 0 aliphatic heterocycles. The zero-order valence-corrected chi connectivity index (χ0v) is 11.7. The molecule has 0 aliphatic carbocycles. The highest BCUT2D eigenvalue weighted by atomic mass is 16.3. The average molecular weight is 282 g/mol. The summed E-state index contributed by atoms with van der Waals surface area (Å²) in [6.07, 6.45) is 3.22. The van der Waals surface area contributed by atoms with Crippen LogP contribution in [0.3, 0.4) is 0 Å². The maximum Gasteiger partial charge on any atom is 0.266 e. The summed E-state index contributed by atoms with van der Waals surface area (Å²) in [7, 11) is 1.77. The van der Waals surface area contributed by atoms with Crippen LogP contribution in [0.25, 0.3) is 6.08 Å². The van der Waals surface area contributed by atoms with E-state index in [4.69, 9.17) is 5.26 Å². The summed E-state index contributed by atoms with van der Waals surface area (Å²) in [4.78, 5) is 12.1. The molecule has 0 saturated heterocycles. The van der Waals surface area contributed by atoms with Crippen LogP contribution in [-0.2, 0) is 11.8 Å². The van der Waals surface area contributed by atoms with E-state index >= 15 is 0 Å². The highest BCUT2D eigenvalue weighted by Gasteiger charge is 2.11. The molecule has 6 heteroatoms. The van der Waals surface area contributed by atoms with E-state index in [0.717, 1.165) is 5.69 Å². The highest BCUT2D eigenvalue weighted by Crippen LogP contribution is 2.17. The Morgan fingerprint density at radius 1 is 1.52 bits per heavy atom. The third-order valence-corrected chi connectivity index (χ3v) is 2.82. The first-order chi connectivity index (χ1) is 9.99. The second-order valence-corrected chi connectivity index (χ2v) is 4.52. The van der Waals surface area contributed by atoms with Gasteiger partial charge in [-0.2, -0.15) is 10.4 Å². The van der Waals surface area contributed by atoms with Gasteiger partial charge in [0.25, 0.3) is 5.91 Å². The molecule has 1 amide bonds. The second-order valence-electron chi connectivity index (χ2n) is 4.52. The van der Waals surface area contributed by atoms with E-state index < -0.39 is 5.91 Å². The van der Waals surface area contributed by atoms with Crippen LogP contribution in [0.15, 0.2) is 36.0 Å². The van der Waals surface area contributed by atoms with Gasteiger partial charge in [-0.3, -0.25) is 9.48 Å². The molecule has 0 aliphatic rings. The molecule has 1 aromatic heterocycles. The largest absolute Gasteiger partial charge is 0.508 e. The zero-order chi connectivity index (χ0) is 15.4.